The number of carbonyl (C=O) groups excluding carboxylic acids is 2. The molecule has 0 saturated carbocycles. The van der Waals surface area contributed by atoms with Gasteiger partial charge in [0.05, 0.1) is 0 Å². The molecule has 1 aromatic carbocycles. The number of anilines is 1. The van der Waals surface area contributed by atoms with E-state index in [1.54, 1.807) is 19.3 Å². The molecule has 4 rings (SSSR count). The molecule has 158 valence electrons. The standard InChI is InChI=1S/C24H23FN4O2/c1-14-15(2)18-8-10-29(22-20(25)5-4-9-27-22)24(31)19(18)12-17(14)11-16-6-7-21(28-13-16)23(30)26-3/h4-7,9,12-13H,8,10-11H2,1-3H3,(H,26,30). The smallest absolute Gasteiger partial charge is 0.269 e. The van der Waals surface area contributed by atoms with Crippen molar-refractivity contribution in [1.29, 1.82) is 0 Å². The first-order chi connectivity index (χ1) is 14.9. The Hall–Kier alpha value is -3.61. The Morgan fingerprint density at radius 3 is 2.68 bits per heavy atom. The lowest BCUT2D eigenvalue weighted by Crippen LogP contribution is -2.39. The molecule has 1 N–H and O–H groups in total. The summed E-state index contributed by atoms with van der Waals surface area (Å²) in [6.45, 7) is 4.46. The fourth-order valence-corrected chi connectivity index (χ4v) is 4.00. The summed E-state index contributed by atoms with van der Waals surface area (Å²) >= 11 is 0. The van der Waals surface area contributed by atoms with Crippen LogP contribution >= 0.6 is 0 Å². The summed E-state index contributed by atoms with van der Waals surface area (Å²) in [7, 11) is 1.56. The fourth-order valence-electron chi connectivity index (χ4n) is 4.00. The van der Waals surface area contributed by atoms with Crippen LogP contribution in [0.5, 0.6) is 0 Å². The number of aromatic nitrogens is 2. The van der Waals surface area contributed by atoms with Crippen LogP contribution in [0.2, 0.25) is 0 Å². The molecule has 2 amide bonds. The number of pyridine rings is 2. The van der Waals surface area contributed by atoms with Crippen LogP contribution < -0.4 is 10.2 Å². The van der Waals surface area contributed by atoms with E-state index in [0.29, 0.717) is 30.6 Å². The lowest BCUT2D eigenvalue weighted by atomic mass is 9.86. The molecule has 0 radical (unpaired) electrons. The average Bonchev–Trinajstić information content (AvgIpc) is 2.78. The second-order valence-corrected chi connectivity index (χ2v) is 7.64. The molecular formula is C24H23FN4O2. The Labute approximate surface area is 180 Å². The largest absolute Gasteiger partial charge is 0.354 e. The third-order valence-corrected chi connectivity index (χ3v) is 5.88. The van der Waals surface area contributed by atoms with Gasteiger partial charge in [-0.15, -0.1) is 0 Å². The van der Waals surface area contributed by atoms with E-state index >= 15 is 0 Å². The van der Waals surface area contributed by atoms with Crippen molar-refractivity contribution >= 4 is 17.6 Å². The number of nitrogens with zero attached hydrogens (tertiary/aromatic N) is 3. The maximum atomic E-state index is 14.3. The maximum Gasteiger partial charge on any atom is 0.269 e. The van der Waals surface area contributed by atoms with E-state index < -0.39 is 5.82 Å². The predicted octanol–water partition coefficient (Wildman–Crippen LogP) is 3.39. The quantitative estimate of drug-likeness (QED) is 0.705. The van der Waals surface area contributed by atoms with Gasteiger partial charge in [-0.05, 0) is 78.8 Å². The van der Waals surface area contributed by atoms with Crippen molar-refractivity contribution in [2.45, 2.75) is 26.7 Å². The molecule has 0 bridgehead atoms. The molecule has 1 aliphatic rings. The number of amides is 2. The molecule has 3 aromatic rings. The van der Waals surface area contributed by atoms with Crippen molar-refractivity contribution in [2.24, 2.45) is 0 Å². The van der Waals surface area contributed by atoms with Crippen LogP contribution in [0, 0.1) is 19.7 Å². The van der Waals surface area contributed by atoms with E-state index in [1.165, 1.54) is 23.2 Å². The van der Waals surface area contributed by atoms with Crippen LogP contribution in [0.15, 0.2) is 42.7 Å². The van der Waals surface area contributed by atoms with Crippen molar-refractivity contribution in [3.63, 3.8) is 0 Å². The third-order valence-electron chi connectivity index (χ3n) is 5.88. The van der Waals surface area contributed by atoms with Gasteiger partial charge in [-0.1, -0.05) is 6.07 Å². The van der Waals surface area contributed by atoms with Crippen molar-refractivity contribution in [1.82, 2.24) is 15.3 Å². The zero-order valence-corrected chi connectivity index (χ0v) is 17.7. The monoisotopic (exact) mass is 418 g/mol. The molecule has 6 nitrogen and oxygen atoms in total. The van der Waals surface area contributed by atoms with E-state index in [1.807, 2.05) is 26.0 Å². The first kappa shape index (κ1) is 20.7. The summed E-state index contributed by atoms with van der Waals surface area (Å²) in [4.78, 5) is 34.7. The summed E-state index contributed by atoms with van der Waals surface area (Å²) in [5.74, 6) is -0.923. The Bertz CT molecular complexity index is 1170. The molecular weight excluding hydrogens is 395 g/mol. The van der Waals surface area contributed by atoms with E-state index in [4.69, 9.17) is 0 Å². The molecule has 0 aliphatic carbocycles. The van der Waals surface area contributed by atoms with Gasteiger partial charge < -0.3 is 5.32 Å². The molecule has 31 heavy (non-hydrogen) atoms. The highest BCUT2D eigenvalue weighted by molar-refractivity contribution is 6.08. The molecule has 0 fully saturated rings. The summed E-state index contributed by atoms with van der Waals surface area (Å²) in [6, 6.07) is 8.27. The van der Waals surface area contributed by atoms with Gasteiger partial charge in [-0.3, -0.25) is 19.5 Å². The average molecular weight is 418 g/mol. The molecule has 2 aromatic heterocycles. The van der Waals surface area contributed by atoms with Gasteiger partial charge in [0.15, 0.2) is 11.6 Å². The van der Waals surface area contributed by atoms with Crippen LogP contribution in [0.3, 0.4) is 0 Å². The number of hydrogen-bond acceptors (Lipinski definition) is 4. The van der Waals surface area contributed by atoms with Crippen LogP contribution in [0.1, 0.15) is 48.7 Å². The van der Waals surface area contributed by atoms with Crippen molar-refractivity contribution in [2.75, 3.05) is 18.5 Å². The van der Waals surface area contributed by atoms with Gasteiger partial charge in [0.25, 0.3) is 11.8 Å². The number of halogens is 1. The highest BCUT2D eigenvalue weighted by atomic mass is 19.1. The number of benzene rings is 1. The summed E-state index contributed by atoms with van der Waals surface area (Å²) < 4.78 is 14.3. The van der Waals surface area contributed by atoms with Gasteiger partial charge >= 0.3 is 0 Å². The first-order valence-electron chi connectivity index (χ1n) is 10.1. The molecule has 0 saturated heterocycles. The van der Waals surface area contributed by atoms with Crippen LogP contribution in [0.4, 0.5) is 10.2 Å². The summed E-state index contributed by atoms with van der Waals surface area (Å²) in [5, 5.41) is 2.55. The SMILES string of the molecule is CNC(=O)c1ccc(Cc2cc3c(c(C)c2C)CCN(c2ncccc2F)C3=O)cn1. The Morgan fingerprint density at radius 1 is 1.19 bits per heavy atom. The normalized spacial score (nSPS) is 13.2. The van der Waals surface area contributed by atoms with Crippen LogP contribution in [-0.4, -0.2) is 35.4 Å². The number of carbonyl (C=O) groups is 2. The zero-order valence-electron chi connectivity index (χ0n) is 17.7. The molecule has 0 atom stereocenters. The maximum absolute atomic E-state index is 14.3. The number of rotatable bonds is 4. The molecule has 1 aliphatic heterocycles. The van der Waals surface area contributed by atoms with E-state index in [0.717, 1.165) is 27.8 Å². The minimum Gasteiger partial charge on any atom is -0.354 e. The molecule has 0 spiro atoms. The van der Waals surface area contributed by atoms with Gasteiger partial charge in [0.2, 0.25) is 0 Å². The van der Waals surface area contributed by atoms with Crippen molar-refractivity contribution in [3.8, 4) is 0 Å². The lowest BCUT2D eigenvalue weighted by Gasteiger charge is -2.30. The second-order valence-electron chi connectivity index (χ2n) is 7.64. The van der Waals surface area contributed by atoms with Crippen molar-refractivity contribution in [3.05, 3.63) is 87.6 Å². The predicted molar refractivity (Wildman–Crippen MR) is 116 cm³/mol. The third kappa shape index (κ3) is 3.79. The van der Waals surface area contributed by atoms with Gasteiger partial charge in [-0.25, -0.2) is 9.37 Å². The highest BCUT2D eigenvalue weighted by Crippen LogP contribution is 2.31. The summed E-state index contributed by atoms with van der Waals surface area (Å²) in [6.07, 6.45) is 4.39. The number of hydrogen-bond donors (Lipinski definition) is 1. The summed E-state index contributed by atoms with van der Waals surface area (Å²) in [5.41, 5.74) is 6.09. The van der Waals surface area contributed by atoms with Crippen molar-refractivity contribution < 1.29 is 14.0 Å². The Kier molecular flexibility index (Phi) is 5.50. The Morgan fingerprint density at radius 2 is 2.00 bits per heavy atom. The molecule has 7 heteroatoms. The van der Waals surface area contributed by atoms with Crippen LogP contribution in [0.25, 0.3) is 0 Å². The first-order valence-corrected chi connectivity index (χ1v) is 10.1. The zero-order chi connectivity index (χ0) is 22.1. The van der Waals surface area contributed by atoms with E-state index in [2.05, 4.69) is 15.3 Å². The minimum atomic E-state index is -0.509. The molecule has 3 heterocycles. The Balaban J connectivity index is 1.68. The topological polar surface area (TPSA) is 75.2 Å². The number of nitrogens with one attached hydrogen (secondary N) is 1. The molecule has 0 unspecified atom stereocenters. The highest BCUT2D eigenvalue weighted by Gasteiger charge is 2.30. The fraction of sp³-hybridized carbons (Fsp3) is 0.250. The lowest BCUT2D eigenvalue weighted by molar-refractivity contribution is 0.0955. The minimum absolute atomic E-state index is 0.0620. The van der Waals surface area contributed by atoms with Crippen LogP contribution in [-0.2, 0) is 12.8 Å². The van der Waals surface area contributed by atoms with E-state index in [-0.39, 0.29) is 17.6 Å². The van der Waals surface area contributed by atoms with E-state index in [9.17, 15) is 14.0 Å². The van der Waals surface area contributed by atoms with Gasteiger partial charge in [-0.2, -0.15) is 0 Å². The number of fused-ring (bicyclic) bond motifs is 1. The second kappa shape index (κ2) is 8.26. The van der Waals surface area contributed by atoms with Gasteiger partial charge in [0.1, 0.15) is 5.69 Å². The van der Waals surface area contributed by atoms with Gasteiger partial charge in [0, 0.05) is 31.5 Å².